The minimum atomic E-state index is -0.242. The first-order valence-corrected chi connectivity index (χ1v) is 6.18. The zero-order valence-electron chi connectivity index (χ0n) is 11.1. The smallest absolute Gasteiger partial charge is 0.273 e. The van der Waals surface area contributed by atoms with Crippen LogP contribution in [-0.4, -0.2) is 32.0 Å². The van der Waals surface area contributed by atoms with E-state index in [-0.39, 0.29) is 11.6 Å². The lowest BCUT2D eigenvalue weighted by molar-refractivity contribution is 0.0949. The first kappa shape index (κ1) is 13.1. The van der Waals surface area contributed by atoms with Crippen LogP contribution in [0.4, 0.5) is 5.69 Å². The highest BCUT2D eigenvalue weighted by Crippen LogP contribution is 2.08. The Hall–Kier alpha value is -2.31. The van der Waals surface area contributed by atoms with Crippen molar-refractivity contribution >= 4 is 11.6 Å². The monoisotopic (exact) mass is 262 g/mol. The molecular weight excluding hydrogens is 244 g/mol. The number of carbonyl (C=O) groups is 1. The molecule has 0 aromatic carbocycles. The van der Waals surface area contributed by atoms with Crippen LogP contribution in [0.5, 0.6) is 0 Å². The van der Waals surface area contributed by atoms with Crippen molar-refractivity contribution < 1.29 is 4.79 Å². The lowest BCUT2D eigenvalue weighted by Crippen LogP contribution is -2.26. The van der Waals surface area contributed by atoms with Gasteiger partial charge in [0.2, 0.25) is 0 Å². The van der Waals surface area contributed by atoms with E-state index in [0.717, 1.165) is 12.0 Å². The Morgan fingerprint density at radius 2 is 2.26 bits per heavy atom. The molecule has 0 atom stereocenters. The number of hydrogen-bond acceptors (Lipinski definition) is 4. The molecular formula is C12H18N6O. The van der Waals surface area contributed by atoms with Gasteiger partial charge in [-0.1, -0.05) is 0 Å². The zero-order chi connectivity index (χ0) is 13.8. The standard InChI is InChI=1S/C12H18N6O/c1-3-18-8-10(13)11(16-18)12(19)14-5-4-9-6-15-17(2)7-9/h6-8H,3-5,13H2,1-2H3,(H,14,19). The van der Waals surface area contributed by atoms with Gasteiger partial charge in [0.05, 0.1) is 11.9 Å². The second-order valence-electron chi connectivity index (χ2n) is 4.32. The molecule has 0 bridgehead atoms. The summed E-state index contributed by atoms with van der Waals surface area (Å²) in [5.41, 5.74) is 7.51. The third kappa shape index (κ3) is 3.12. The molecule has 0 unspecified atom stereocenters. The first-order valence-electron chi connectivity index (χ1n) is 6.18. The third-order valence-corrected chi connectivity index (χ3v) is 2.79. The fourth-order valence-corrected chi connectivity index (χ4v) is 1.78. The van der Waals surface area contributed by atoms with Gasteiger partial charge < -0.3 is 11.1 Å². The van der Waals surface area contributed by atoms with E-state index < -0.39 is 0 Å². The summed E-state index contributed by atoms with van der Waals surface area (Å²) >= 11 is 0. The van der Waals surface area contributed by atoms with Crippen molar-refractivity contribution in [3.05, 3.63) is 29.8 Å². The minimum absolute atomic E-state index is 0.242. The molecule has 3 N–H and O–H groups in total. The summed E-state index contributed by atoms with van der Waals surface area (Å²) in [5, 5.41) is 11.0. The molecule has 0 saturated heterocycles. The minimum Gasteiger partial charge on any atom is -0.396 e. The molecule has 7 heteroatoms. The van der Waals surface area contributed by atoms with Crippen molar-refractivity contribution in [1.82, 2.24) is 24.9 Å². The van der Waals surface area contributed by atoms with Gasteiger partial charge in [0, 0.05) is 32.5 Å². The maximum Gasteiger partial charge on any atom is 0.273 e. The Morgan fingerprint density at radius 1 is 1.47 bits per heavy atom. The van der Waals surface area contributed by atoms with Gasteiger partial charge in [-0.05, 0) is 18.9 Å². The van der Waals surface area contributed by atoms with Gasteiger partial charge in [0.1, 0.15) is 0 Å². The van der Waals surface area contributed by atoms with Crippen molar-refractivity contribution in [1.29, 1.82) is 0 Å². The largest absolute Gasteiger partial charge is 0.396 e. The van der Waals surface area contributed by atoms with Crippen LogP contribution in [0.25, 0.3) is 0 Å². The van der Waals surface area contributed by atoms with E-state index in [0.29, 0.717) is 18.8 Å². The summed E-state index contributed by atoms with van der Waals surface area (Å²) in [7, 11) is 1.86. The van der Waals surface area contributed by atoms with Crippen molar-refractivity contribution in [3.63, 3.8) is 0 Å². The second kappa shape index (κ2) is 5.55. The molecule has 2 aromatic heterocycles. The van der Waals surface area contributed by atoms with Crippen LogP contribution < -0.4 is 11.1 Å². The van der Waals surface area contributed by atoms with Crippen molar-refractivity contribution in [2.24, 2.45) is 7.05 Å². The highest BCUT2D eigenvalue weighted by atomic mass is 16.1. The summed E-state index contributed by atoms with van der Waals surface area (Å²) in [5.74, 6) is -0.242. The van der Waals surface area contributed by atoms with Gasteiger partial charge in [-0.2, -0.15) is 10.2 Å². The average molecular weight is 262 g/mol. The van der Waals surface area contributed by atoms with Gasteiger partial charge in [-0.25, -0.2) is 0 Å². The van der Waals surface area contributed by atoms with E-state index in [4.69, 9.17) is 5.73 Å². The topological polar surface area (TPSA) is 90.8 Å². The predicted molar refractivity (Wildman–Crippen MR) is 71.6 cm³/mol. The highest BCUT2D eigenvalue weighted by molar-refractivity contribution is 5.96. The van der Waals surface area contributed by atoms with Crippen LogP contribution in [0.1, 0.15) is 23.0 Å². The normalized spacial score (nSPS) is 10.6. The number of amides is 1. The molecule has 0 spiro atoms. The van der Waals surface area contributed by atoms with Crippen molar-refractivity contribution in [3.8, 4) is 0 Å². The second-order valence-corrected chi connectivity index (χ2v) is 4.32. The third-order valence-electron chi connectivity index (χ3n) is 2.79. The van der Waals surface area contributed by atoms with Gasteiger partial charge in [0.15, 0.2) is 5.69 Å². The number of anilines is 1. The van der Waals surface area contributed by atoms with E-state index in [1.54, 1.807) is 21.8 Å². The van der Waals surface area contributed by atoms with Crippen LogP contribution in [0.2, 0.25) is 0 Å². The number of aromatic nitrogens is 4. The number of nitrogens with one attached hydrogen (secondary N) is 1. The molecule has 1 amide bonds. The first-order chi connectivity index (χ1) is 9.10. The van der Waals surface area contributed by atoms with E-state index in [2.05, 4.69) is 15.5 Å². The lowest BCUT2D eigenvalue weighted by Gasteiger charge is -2.02. The molecule has 0 aliphatic heterocycles. The maximum atomic E-state index is 11.9. The summed E-state index contributed by atoms with van der Waals surface area (Å²) < 4.78 is 3.38. The Morgan fingerprint density at radius 3 is 2.84 bits per heavy atom. The fraction of sp³-hybridized carbons (Fsp3) is 0.417. The highest BCUT2D eigenvalue weighted by Gasteiger charge is 2.13. The van der Waals surface area contributed by atoms with Crippen molar-refractivity contribution in [2.45, 2.75) is 19.9 Å². The van der Waals surface area contributed by atoms with Gasteiger partial charge in [-0.15, -0.1) is 0 Å². The molecule has 7 nitrogen and oxygen atoms in total. The van der Waals surface area contributed by atoms with Crippen LogP contribution in [0, 0.1) is 0 Å². The Kier molecular flexibility index (Phi) is 3.84. The summed E-state index contributed by atoms with van der Waals surface area (Å²) in [6, 6.07) is 0. The molecule has 0 aliphatic rings. The number of nitrogen functional groups attached to an aromatic ring is 1. The Balaban J connectivity index is 1.88. The van der Waals surface area contributed by atoms with Crippen LogP contribution >= 0.6 is 0 Å². The molecule has 0 fully saturated rings. The number of rotatable bonds is 5. The molecule has 2 aromatic rings. The number of hydrogen-bond donors (Lipinski definition) is 2. The van der Waals surface area contributed by atoms with Gasteiger partial charge >= 0.3 is 0 Å². The van der Waals surface area contributed by atoms with E-state index in [1.165, 1.54) is 0 Å². The molecule has 2 rings (SSSR count). The van der Waals surface area contributed by atoms with Crippen LogP contribution in [0.15, 0.2) is 18.6 Å². The fourth-order valence-electron chi connectivity index (χ4n) is 1.78. The van der Waals surface area contributed by atoms with E-state index >= 15 is 0 Å². The molecule has 0 aliphatic carbocycles. The molecule has 0 radical (unpaired) electrons. The molecule has 2 heterocycles. The Labute approximate surface area is 111 Å². The summed E-state index contributed by atoms with van der Waals surface area (Å²) in [6.45, 7) is 3.16. The lowest BCUT2D eigenvalue weighted by atomic mass is 10.2. The summed E-state index contributed by atoms with van der Waals surface area (Å²) in [6.07, 6.45) is 6.10. The van der Waals surface area contributed by atoms with Gasteiger partial charge in [-0.3, -0.25) is 14.2 Å². The van der Waals surface area contributed by atoms with Crippen molar-refractivity contribution in [2.75, 3.05) is 12.3 Å². The SMILES string of the molecule is CCn1cc(N)c(C(=O)NCCc2cnn(C)c2)n1. The number of nitrogens with two attached hydrogens (primary N) is 1. The number of aryl methyl sites for hydroxylation is 2. The quantitative estimate of drug-likeness (QED) is 0.804. The Bertz CT molecular complexity index is 571. The molecule has 0 saturated carbocycles. The maximum absolute atomic E-state index is 11.9. The predicted octanol–water partition coefficient (Wildman–Crippen LogP) is 0.191. The van der Waals surface area contributed by atoms with E-state index in [9.17, 15) is 4.79 Å². The summed E-state index contributed by atoms with van der Waals surface area (Å²) in [4.78, 5) is 11.9. The average Bonchev–Trinajstić information content (AvgIpc) is 2.95. The van der Waals surface area contributed by atoms with Crippen LogP contribution in [-0.2, 0) is 20.0 Å². The van der Waals surface area contributed by atoms with Crippen LogP contribution in [0.3, 0.4) is 0 Å². The van der Waals surface area contributed by atoms with Gasteiger partial charge in [0.25, 0.3) is 5.91 Å². The zero-order valence-corrected chi connectivity index (χ0v) is 11.1. The van der Waals surface area contributed by atoms with E-state index in [1.807, 2.05) is 20.2 Å². The molecule has 19 heavy (non-hydrogen) atoms. The number of nitrogens with zero attached hydrogens (tertiary/aromatic N) is 4. The molecule has 102 valence electrons. The number of carbonyl (C=O) groups excluding carboxylic acids is 1.